The number of hydrogen-bond donors (Lipinski definition) is 0. The summed E-state index contributed by atoms with van der Waals surface area (Å²) >= 11 is 0. The van der Waals surface area contributed by atoms with Crippen molar-refractivity contribution in [2.75, 3.05) is 6.61 Å². The smallest absolute Gasteiger partial charge is 0.305 e. The normalized spacial score (nSPS) is 7.78. The molecule has 0 fully saturated rings. The standard InChI is InChI=1S/C6H12O2.Cr/c1-3-5-6(7)8-4-2;/h3-5H2,1-2H3;. The third-order valence-corrected chi connectivity index (χ3v) is 0.759. The fourth-order valence-corrected chi connectivity index (χ4v) is 0.437. The minimum absolute atomic E-state index is 0. The van der Waals surface area contributed by atoms with Gasteiger partial charge in [0.25, 0.3) is 0 Å². The molecule has 0 amide bonds. The van der Waals surface area contributed by atoms with Gasteiger partial charge in [0.15, 0.2) is 0 Å². The molecule has 0 aliphatic rings. The summed E-state index contributed by atoms with van der Waals surface area (Å²) in [5, 5.41) is 0. The Balaban J connectivity index is 0. The molecule has 0 unspecified atom stereocenters. The van der Waals surface area contributed by atoms with Crippen molar-refractivity contribution in [3.63, 3.8) is 0 Å². The molecule has 9 heavy (non-hydrogen) atoms. The zero-order valence-corrected chi connectivity index (χ0v) is 7.12. The Morgan fingerprint density at radius 3 is 2.33 bits per heavy atom. The van der Waals surface area contributed by atoms with Gasteiger partial charge in [0.2, 0.25) is 0 Å². The number of carbonyl (C=O) groups is 1. The molecule has 3 heteroatoms. The predicted octanol–water partition coefficient (Wildman–Crippen LogP) is 1.35. The van der Waals surface area contributed by atoms with Crippen molar-refractivity contribution in [3.05, 3.63) is 0 Å². The van der Waals surface area contributed by atoms with Gasteiger partial charge >= 0.3 is 5.97 Å². The summed E-state index contributed by atoms with van der Waals surface area (Å²) in [6, 6.07) is 0. The molecule has 0 spiro atoms. The fourth-order valence-electron chi connectivity index (χ4n) is 0.437. The first kappa shape index (κ1) is 11.8. The summed E-state index contributed by atoms with van der Waals surface area (Å²) in [4.78, 5) is 10.4. The molecule has 0 heterocycles. The van der Waals surface area contributed by atoms with Crippen LogP contribution in [0.4, 0.5) is 0 Å². The van der Waals surface area contributed by atoms with Crippen molar-refractivity contribution < 1.29 is 26.9 Å². The van der Waals surface area contributed by atoms with Crippen molar-refractivity contribution >= 4 is 5.97 Å². The molecule has 0 aliphatic carbocycles. The second kappa shape index (κ2) is 8.00. The van der Waals surface area contributed by atoms with E-state index in [1.54, 1.807) is 0 Å². The van der Waals surface area contributed by atoms with E-state index in [0.29, 0.717) is 13.0 Å². The Kier molecular flexibility index (Phi) is 10.5. The monoisotopic (exact) mass is 168 g/mol. The minimum Gasteiger partial charge on any atom is -0.466 e. The van der Waals surface area contributed by atoms with Crippen LogP contribution in [0.1, 0.15) is 26.7 Å². The van der Waals surface area contributed by atoms with Gasteiger partial charge in [-0.25, -0.2) is 0 Å². The summed E-state index contributed by atoms with van der Waals surface area (Å²) in [5.74, 6) is -0.0880. The van der Waals surface area contributed by atoms with Crippen LogP contribution in [-0.2, 0) is 26.9 Å². The molecule has 0 aliphatic heterocycles. The van der Waals surface area contributed by atoms with Crippen LogP contribution in [0, 0.1) is 0 Å². The molecule has 0 aromatic carbocycles. The molecular weight excluding hydrogens is 156 g/mol. The van der Waals surface area contributed by atoms with Crippen LogP contribution in [0.5, 0.6) is 0 Å². The van der Waals surface area contributed by atoms with E-state index in [2.05, 4.69) is 4.74 Å². The Labute approximate surface area is 66.7 Å². The van der Waals surface area contributed by atoms with Crippen LogP contribution < -0.4 is 0 Å². The Morgan fingerprint density at radius 2 is 2.00 bits per heavy atom. The number of rotatable bonds is 3. The zero-order valence-electron chi connectivity index (χ0n) is 5.85. The van der Waals surface area contributed by atoms with Gasteiger partial charge in [-0.15, -0.1) is 0 Å². The van der Waals surface area contributed by atoms with E-state index in [1.807, 2.05) is 13.8 Å². The van der Waals surface area contributed by atoms with E-state index in [1.165, 1.54) is 0 Å². The number of ether oxygens (including phenoxy) is 1. The SMILES string of the molecule is CCCC(=O)OCC.[Cr]. The van der Waals surface area contributed by atoms with E-state index in [-0.39, 0.29) is 23.3 Å². The van der Waals surface area contributed by atoms with Crippen molar-refractivity contribution in [3.8, 4) is 0 Å². The van der Waals surface area contributed by atoms with Gasteiger partial charge < -0.3 is 4.74 Å². The molecule has 0 aromatic rings. The molecule has 2 nitrogen and oxygen atoms in total. The van der Waals surface area contributed by atoms with Crippen molar-refractivity contribution in [2.24, 2.45) is 0 Å². The Bertz CT molecular complexity index is 65.5. The summed E-state index contributed by atoms with van der Waals surface area (Å²) in [6.07, 6.45) is 1.42. The molecule has 0 radical (unpaired) electrons. The predicted molar refractivity (Wildman–Crippen MR) is 31.5 cm³/mol. The largest absolute Gasteiger partial charge is 0.466 e. The maximum atomic E-state index is 10.4. The van der Waals surface area contributed by atoms with Crippen molar-refractivity contribution in [1.82, 2.24) is 0 Å². The summed E-state index contributed by atoms with van der Waals surface area (Å²) in [5.41, 5.74) is 0. The second-order valence-corrected chi connectivity index (χ2v) is 1.56. The molecule has 0 rings (SSSR count). The van der Waals surface area contributed by atoms with Crippen LogP contribution >= 0.6 is 0 Å². The summed E-state index contributed by atoms with van der Waals surface area (Å²) in [7, 11) is 0. The minimum atomic E-state index is -0.0880. The molecule has 0 N–H and O–H groups in total. The molecule has 0 saturated heterocycles. The van der Waals surface area contributed by atoms with Crippen LogP contribution in [0.25, 0.3) is 0 Å². The third kappa shape index (κ3) is 8.00. The topological polar surface area (TPSA) is 26.3 Å². The maximum Gasteiger partial charge on any atom is 0.305 e. The van der Waals surface area contributed by atoms with Gasteiger partial charge in [-0.1, -0.05) is 6.92 Å². The molecule has 0 aromatic heterocycles. The molecular formula is C6H12CrO2. The Morgan fingerprint density at radius 1 is 1.44 bits per heavy atom. The number of hydrogen-bond acceptors (Lipinski definition) is 2. The maximum absolute atomic E-state index is 10.4. The quantitative estimate of drug-likeness (QED) is 0.594. The molecule has 0 atom stereocenters. The van der Waals surface area contributed by atoms with Crippen LogP contribution in [0.15, 0.2) is 0 Å². The summed E-state index contributed by atoms with van der Waals surface area (Å²) in [6.45, 7) is 4.27. The molecule has 0 bridgehead atoms. The van der Waals surface area contributed by atoms with E-state index < -0.39 is 0 Å². The molecule has 0 saturated carbocycles. The average molecular weight is 168 g/mol. The van der Waals surface area contributed by atoms with Crippen molar-refractivity contribution in [2.45, 2.75) is 26.7 Å². The number of esters is 1. The Hall–Kier alpha value is 0.00247. The van der Waals surface area contributed by atoms with Crippen LogP contribution in [-0.4, -0.2) is 12.6 Å². The average Bonchev–Trinajstić information content (AvgIpc) is 1.68. The van der Waals surface area contributed by atoms with Gasteiger partial charge in [0, 0.05) is 23.8 Å². The van der Waals surface area contributed by atoms with Crippen LogP contribution in [0.3, 0.4) is 0 Å². The number of carbonyl (C=O) groups excluding carboxylic acids is 1. The first-order valence-corrected chi connectivity index (χ1v) is 2.96. The first-order chi connectivity index (χ1) is 3.81. The van der Waals surface area contributed by atoms with E-state index >= 15 is 0 Å². The van der Waals surface area contributed by atoms with E-state index in [9.17, 15) is 4.79 Å². The first-order valence-electron chi connectivity index (χ1n) is 2.96. The zero-order chi connectivity index (χ0) is 6.41. The van der Waals surface area contributed by atoms with Gasteiger partial charge in [-0.2, -0.15) is 0 Å². The van der Waals surface area contributed by atoms with E-state index in [4.69, 9.17) is 0 Å². The second-order valence-electron chi connectivity index (χ2n) is 1.56. The van der Waals surface area contributed by atoms with Gasteiger partial charge in [-0.3, -0.25) is 4.79 Å². The summed E-state index contributed by atoms with van der Waals surface area (Å²) < 4.78 is 4.64. The van der Waals surface area contributed by atoms with E-state index in [0.717, 1.165) is 6.42 Å². The fraction of sp³-hybridized carbons (Fsp3) is 0.833. The third-order valence-electron chi connectivity index (χ3n) is 0.759. The van der Waals surface area contributed by atoms with Gasteiger partial charge in [-0.05, 0) is 13.3 Å². The van der Waals surface area contributed by atoms with Gasteiger partial charge in [0.05, 0.1) is 6.61 Å². The van der Waals surface area contributed by atoms with Crippen molar-refractivity contribution in [1.29, 1.82) is 0 Å². The van der Waals surface area contributed by atoms with Crippen LogP contribution in [0.2, 0.25) is 0 Å². The van der Waals surface area contributed by atoms with Gasteiger partial charge in [0.1, 0.15) is 0 Å². The molecule has 54 valence electrons.